The Hall–Kier alpha value is -1.62. The van der Waals surface area contributed by atoms with E-state index in [1.54, 1.807) is 6.07 Å². The third-order valence-electron chi connectivity index (χ3n) is 7.77. The molecule has 0 radical (unpaired) electrons. The second-order valence-electron chi connectivity index (χ2n) is 9.97. The third kappa shape index (κ3) is 4.60. The molecular weight excluding hydrogens is 362 g/mol. The molecule has 0 bridgehead atoms. The Morgan fingerprint density at radius 3 is 2.69 bits per heavy atom. The summed E-state index contributed by atoms with van der Waals surface area (Å²) in [4.78, 5) is 32.8. The van der Waals surface area contributed by atoms with E-state index in [1.807, 2.05) is 18.7 Å². The average Bonchev–Trinajstić information content (AvgIpc) is 3.12. The summed E-state index contributed by atoms with van der Waals surface area (Å²) >= 11 is 0. The van der Waals surface area contributed by atoms with Crippen LogP contribution in [0.5, 0.6) is 0 Å². The number of aromatic amines is 1. The van der Waals surface area contributed by atoms with E-state index in [-0.39, 0.29) is 16.9 Å². The number of likely N-dealkylation sites (tertiary alicyclic amines) is 2. The Morgan fingerprint density at radius 1 is 1.10 bits per heavy atom. The molecule has 160 valence electrons. The van der Waals surface area contributed by atoms with E-state index in [9.17, 15) is 9.59 Å². The predicted molar refractivity (Wildman–Crippen MR) is 116 cm³/mol. The minimum Gasteiger partial charge on any atom is -0.338 e. The van der Waals surface area contributed by atoms with E-state index in [0.717, 1.165) is 43.2 Å². The lowest BCUT2D eigenvalue weighted by atomic mass is 9.79. The number of amides is 1. The van der Waals surface area contributed by atoms with Crippen LogP contribution in [-0.2, 0) is 0 Å². The van der Waals surface area contributed by atoms with E-state index in [1.165, 1.54) is 64.5 Å². The van der Waals surface area contributed by atoms with Crippen molar-refractivity contribution in [2.24, 2.45) is 11.3 Å². The highest BCUT2D eigenvalue weighted by atomic mass is 16.2. The topological polar surface area (TPSA) is 56.4 Å². The highest BCUT2D eigenvalue weighted by Gasteiger charge is 2.43. The molecule has 1 saturated carbocycles. The van der Waals surface area contributed by atoms with E-state index >= 15 is 0 Å². The van der Waals surface area contributed by atoms with Crippen LogP contribution in [0.2, 0.25) is 0 Å². The minimum atomic E-state index is -0.253. The van der Waals surface area contributed by atoms with Crippen LogP contribution < -0.4 is 5.56 Å². The van der Waals surface area contributed by atoms with Gasteiger partial charge in [-0.3, -0.25) is 9.59 Å². The van der Waals surface area contributed by atoms with Crippen LogP contribution in [-0.4, -0.2) is 53.4 Å². The molecule has 5 heteroatoms. The zero-order valence-electron chi connectivity index (χ0n) is 18.3. The number of hydrogen-bond acceptors (Lipinski definition) is 3. The number of aromatic nitrogens is 1. The SMILES string of the molecule is Cc1cc(C(=O)N2CCC3(CCCN(CCC4CCCCC4)C3)C2)c(=O)[nH]c1C. The van der Waals surface area contributed by atoms with Gasteiger partial charge in [0.15, 0.2) is 0 Å². The smallest absolute Gasteiger partial charge is 0.261 e. The quantitative estimate of drug-likeness (QED) is 0.836. The Bertz CT molecular complexity index is 796. The van der Waals surface area contributed by atoms with Gasteiger partial charge in [-0.2, -0.15) is 0 Å². The van der Waals surface area contributed by atoms with Crippen molar-refractivity contribution in [2.75, 3.05) is 32.7 Å². The molecule has 2 saturated heterocycles. The second kappa shape index (κ2) is 8.63. The molecule has 1 N–H and O–H groups in total. The summed E-state index contributed by atoms with van der Waals surface area (Å²) in [6.45, 7) is 8.95. The molecule has 1 amide bonds. The predicted octanol–water partition coefficient (Wildman–Crippen LogP) is 3.89. The molecule has 3 heterocycles. The molecule has 2 aliphatic heterocycles. The Balaban J connectivity index is 1.37. The number of H-pyrrole nitrogens is 1. The standard InChI is InChI=1S/C24H37N3O2/c1-18-15-21(22(28)25-19(18)2)23(29)27-14-11-24(17-27)10-6-12-26(16-24)13-9-20-7-4-3-5-8-20/h15,20H,3-14,16-17H2,1-2H3,(H,25,28). The molecule has 1 atom stereocenters. The maximum Gasteiger partial charge on any atom is 0.261 e. The number of nitrogens with zero attached hydrogens (tertiary/aromatic N) is 2. The molecule has 29 heavy (non-hydrogen) atoms. The van der Waals surface area contributed by atoms with Gasteiger partial charge >= 0.3 is 0 Å². The van der Waals surface area contributed by atoms with Crippen molar-refractivity contribution in [3.05, 3.63) is 33.2 Å². The molecule has 1 spiro atoms. The van der Waals surface area contributed by atoms with Crippen LogP contribution in [0.15, 0.2) is 10.9 Å². The molecule has 0 aromatic carbocycles. The van der Waals surface area contributed by atoms with Crippen molar-refractivity contribution >= 4 is 5.91 Å². The number of piperidine rings is 1. The highest BCUT2D eigenvalue weighted by Crippen LogP contribution is 2.39. The molecule has 1 aliphatic carbocycles. The van der Waals surface area contributed by atoms with Gasteiger partial charge in [0.05, 0.1) is 0 Å². The first-order valence-corrected chi connectivity index (χ1v) is 11.7. The fraction of sp³-hybridized carbons (Fsp3) is 0.750. The van der Waals surface area contributed by atoms with Gasteiger partial charge in [0.25, 0.3) is 11.5 Å². The summed E-state index contributed by atoms with van der Waals surface area (Å²) in [6, 6.07) is 1.76. The fourth-order valence-corrected chi connectivity index (χ4v) is 5.84. The zero-order valence-corrected chi connectivity index (χ0v) is 18.3. The van der Waals surface area contributed by atoms with Crippen LogP contribution in [0.4, 0.5) is 0 Å². The minimum absolute atomic E-state index is 0.0921. The summed E-state index contributed by atoms with van der Waals surface area (Å²) in [7, 11) is 0. The number of aryl methyl sites for hydroxylation is 2. The molecule has 3 fully saturated rings. The molecular formula is C24H37N3O2. The van der Waals surface area contributed by atoms with Gasteiger partial charge in [0.1, 0.15) is 5.56 Å². The Labute approximate surface area is 174 Å². The van der Waals surface area contributed by atoms with E-state index in [2.05, 4.69) is 9.88 Å². The van der Waals surface area contributed by atoms with E-state index in [4.69, 9.17) is 0 Å². The number of pyridine rings is 1. The molecule has 1 aromatic rings. The molecule has 3 aliphatic rings. The van der Waals surface area contributed by atoms with Gasteiger partial charge in [0, 0.05) is 30.7 Å². The zero-order chi connectivity index (χ0) is 20.4. The van der Waals surface area contributed by atoms with Crippen LogP contribution in [0.1, 0.15) is 79.4 Å². The molecule has 5 nitrogen and oxygen atoms in total. The van der Waals surface area contributed by atoms with Crippen molar-refractivity contribution in [3.8, 4) is 0 Å². The highest BCUT2D eigenvalue weighted by molar-refractivity contribution is 5.94. The molecule has 1 unspecified atom stereocenters. The summed E-state index contributed by atoms with van der Waals surface area (Å²) in [5, 5.41) is 0. The number of rotatable bonds is 4. The monoisotopic (exact) mass is 399 g/mol. The maximum atomic E-state index is 13.1. The lowest BCUT2D eigenvalue weighted by molar-refractivity contribution is 0.0673. The average molecular weight is 400 g/mol. The summed E-state index contributed by atoms with van der Waals surface area (Å²) < 4.78 is 0. The van der Waals surface area contributed by atoms with Crippen LogP contribution in [0, 0.1) is 25.2 Å². The van der Waals surface area contributed by atoms with Gasteiger partial charge in [-0.1, -0.05) is 32.1 Å². The van der Waals surface area contributed by atoms with Crippen LogP contribution in [0.3, 0.4) is 0 Å². The molecule has 1 aromatic heterocycles. The first-order valence-electron chi connectivity index (χ1n) is 11.7. The summed E-state index contributed by atoms with van der Waals surface area (Å²) in [6.07, 6.45) is 12.0. The lowest BCUT2D eigenvalue weighted by Crippen LogP contribution is -2.46. The van der Waals surface area contributed by atoms with Crippen LogP contribution >= 0.6 is 0 Å². The second-order valence-corrected chi connectivity index (χ2v) is 9.97. The number of hydrogen-bond donors (Lipinski definition) is 1. The summed E-state index contributed by atoms with van der Waals surface area (Å²) in [5.74, 6) is 0.838. The van der Waals surface area contributed by atoms with Crippen molar-refractivity contribution in [2.45, 2.75) is 71.6 Å². The first kappa shape index (κ1) is 20.6. The molecule has 4 rings (SSSR count). The van der Waals surface area contributed by atoms with Gasteiger partial charge in [-0.05, 0) is 70.2 Å². The van der Waals surface area contributed by atoms with Gasteiger partial charge in [-0.25, -0.2) is 0 Å². The Morgan fingerprint density at radius 2 is 1.90 bits per heavy atom. The number of carbonyl (C=O) groups excluding carboxylic acids is 1. The largest absolute Gasteiger partial charge is 0.338 e. The van der Waals surface area contributed by atoms with Crippen molar-refractivity contribution < 1.29 is 4.79 Å². The lowest BCUT2D eigenvalue weighted by Gasteiger charge is -2.41. The van der Waals surface area contributed by atoms with E-state index in [0.29, 0.717) is 5.56 Å². The van der Waals surface area contributed by atoms with Crippen molar-refractivity contribution in [1.29, 1.82) is 0 Å². The van der Waals surface area contributed by atoms with Gasteiger partial charge in [-0.15, -0.1) is 0 Å². The normalized spacial score (nSPS) is 26.3. The maximum absolute atomic E-state index is 13.1. The van der Waals surface area contributed by atoms with Gasteiger partial charge < -0.3 is 14.8 Å². The number of nitrogens with one attached hydrogen (secondary N) is 1. The van der Waals surface area contributed by atoms with Crippen LogP contribution in [0.25, 0.3) is 0 Å². The Kier molecular flexibility index (Phi) is 6.14. The van der Waals surface area contributed by atoms with Crippen molar-refractivity contribution in [1.82, 2.24) is 14.8 Å². The number of carbonyl (C=O) groups is 1. The van der Waals surface area contributed by atoms with Gasteiger partial charge in [0.2, 0.25) is 0 Å². The first-order chi connectivity index (χ1) is 14.0. The van der Waals surface area contributed by atoms with Crippen molar-refractivity contribution in [3.63, 3.8) is 0 Å². The van der Waals surface area contributed by atoms with E-state index < -0.39 is 0 Å². The summed E-state index contributed by atoms with van der Waals surface area (Å²) in [5.41, 5.74) is 2.08. The third-order valence-corrected chi connectivity index (χ3v) is 7.77. The fourth-order valence-electron chi connectivity index (χ4n) is 5.84.